The van der Waals surface area contributed by atoms with Gasteiger partial charge in [-0.15, -0.1) is 0 Å². The van der Waals surface area contributed by atoms with Crippen LogP contribution in [0.3, 0.4) is 0 Å². The number of nitro benzene ring substituents is 1. The molecule has 5 heteroatoms. The molecular formula is C12H10NNaO3. The van der Waals surface area contributed by atoms with Crippen molar-refractivity contribution in [1.82, 2.24) is 0 Å². The van der Waals surface area contributed by atoms with Crippen molar-refractivity contribution in [1.29, 1.82) is 0 Å². The third-order valence-electron chi connectivity index (χ3n) is 2.28. The van der Waals surface area contributed by atoms with Gasteiger partial charge in [0.25, 0.3) is 5.69 Å². The number of nitrogens with zero attached hydrogens (tertiary/aromatic N) is 1. The van der Waals surface area contributed by atoms with E-state index in [0.717, 1.165) is 0 Å². The van der Waals surface area contributed by atoms with Gasteiger partial charge in [-0.25, -0.2) is 0 Å². The second-order valence-electron chi connectivity index (χ2n) is 3.29. The fourth-order valence-electron chi connectivity index (χ4n) is 1.58. The molecule has 0 aliphatic heterocycles. The Morgan fingerprint density at radius 1 is 1.00 bits per heavy atom. The van der Waals surface area contributed by atoms with E-state index in [4.69, 9.17) is 0 Å². The Morgan fingerprint density at radius 2 is 1.65 bits per heavy atom. The Hall–Kier alpha value is -1.36. The monoisotopic (exact) mass is 239 g/mol. The first-order valence-electron chi connectivity index (χ1n) is 4.72. The van der Waals surface area contributed by atoms with E-state index in [-0.39, 0.29) is 46.6 Å². The van der Waals surface area contributed by atoms with Crippen molar-refractivity contribution in [3.05, 3.63) is 58.6 Å². The average molecular weight is 239 g/mol. The van der Waals surface area contributed by atoms with Crippen molar-refractivity contribution in [2.45, 2.75) is 0 Å². The Bertz CT molecular complexity index is 529. The summed E-state index contributed by atoms with van der Waals surface area (Å²) in [6.45, 7) is 0. The zero-order valence-corrected chi connectivity index (χ0v) is 8.33. The van der Waals surface area contributed by atoms with Crippen LogP contribution in [0.1, 0.15) is 0 Å². The van der Waals surface area contributed by atoms with Crippen LogP contribution >= 0.6 is 0 Å². The van der Waals surface area contributed by atoms with E-state index in [0.29, 0.717) is 5.56 Å². The van der Waals surface area contributed by atoms with Crippen molar-refractivity contribution in [2.24, 2.45) is 0 Å². The van der Waals surface area contributed by atoms with Crippen LogP contribution in [0, 0.1) is 10.1 Å². The molecule has 0 aliphatic carbocycles. The molecule has 0 fully saturated rings. The summed E-state index contributed by atoms with van der Waals surface area (Å²) in [5.41, 5.74) is 0.798. The third kappa shape index (κ3) is 2.85. The molecule has 0 amide bonds. The van der Waals surface area contributed by atoms with Gasteiger partial charge in [-0.2, -0.15) is 0 Å². The molecular weight excluding hydrogens is 229 g/mol. The maximum absolute atomic E-state index is 10.8. The molecule has 82 valence electrons. The van der Waals surface area contributed by atoms with E-state index in [2.05, 4.69) is 0 Å². The molecule has 0 spiro atoms. The maximum atomic E-state index is 10.8. The number of hydrogen-bond acceptors (Lipinski definition) is 3. The molecule has 0 saturated heterocycles. The number of rotatable bonds is 2. The van der Waals surface area contributed by atoms with Gasteiger partial charge in [-0.3, -0.25) is 10.1 Å². The summed E-state index contributed by atoms with van der Waals surface area (Å²) >= 11 is 0. The number of nitro groups is 1. The van der Waals surface area contributed by atoms with Crippen LogP contribution in [0.5, 0.6) is 5.75 Å². The molecule has 0 unspecified atom stereocenters. The van der Waals surface area contributed by atoms with E-state index in [1.165, 1.54) is 18.2 Å². The normalized spacial score (nSPS) is 9.41. The van der Waals surface area contributed by atoms with Gasteiger partial charge in [0.2, 0.25) is 0 Å². The summed E-state index contributed by atoms with van der Waals surface area (Å²) in [7, 11) is 0. The fourth-order valence-corrected chi connectivity index (χ4v) is 1.58. The van der Waals surface area contributed by atoms with E-state index in [1.807, 2.05) is 6.07 Å². The molecule has 0 atom stereocenters. The number of phenols is 1. The first-order chi connectivity index (χ1) is 7.70. The van der Waals surface area contributed by atoms with Crippen LogP contribution in [-0.4, -0.2) is 39.6 Å². The number of aromatic hydroxyl groups is 1. The van der Waals surface area contributed by atoms with Crippen LogP contribution in [0.2, 0.25) is 0 Å². The SMILES string of the molecule is O=[N+]([O-])c1cccc(O)c1-c1ccccc1.[NaH]. The average Bonchev–Trinajstić information content (AvgIpc) is 2.29. The van der Waals surface area contributed by atoms with Gasteiger partial charge in [0.15, 0.2) is 0 Å². The minimum atomic E-state index is -0.498. The first kappa shape index (κ1) is 13.7. The second kappa shape index (κ2) is 5.82. The van der Waals surface area contributed by atoms with E-state index >= 15 is 0 Å². The minimum absolute atomic E-state index is 0. The molecule has 17 heavy (non-hydrogen) atoms. The van der Waals surface area contributed by atoms with Crippen LogP contribution in [0.15, 0.2) is 48.5 Å². The van der Waals surface area contributed by atoms with E-state index in [9.17, 15) is 15.2 Å². The molecule has 0 heterocycles. The summed E-state index contributed by atoms with van der Waals surface area (Å²) in [4.78, 5) is 10.3. The Balaban J connectivity index is 0.00000144. The van der Waals surface area contributed by atoms with Crippen LogP contribution in [0.4, 0.5) is 5.69 Å². The second-order valence-corrected chi connectivity index (χ2v) is 3.29. The van der Waals surface area contributed by atoms with Crippen molar-refractivity contribution in [3.8, 4) is 16.9 Å². The summed E-state index contributed by atoms with van der Waals surface area (Å²) in [6, 6.07) is 13.1. The Labute approximate surface area is 120 Å². The molecule has 0 saturated carbocycles. The molecule has 1 N–H and O–H groups in total. The van der Waals surface area contributed by atoms with Crippen molar-refractivity contribution in [3.63, 3.8) is 0 Å². The number of benzene rings is 2. The van der Waals surface area contributed by atoms with Crippen LogP contribution in [-0.2, 0) is 0 Å². The third-order valence-corrected chi connectivity index (χ3v) is 2.28. The van der Waals surface area contributed by atoms with Crippen molar-refractivity contribution < 1.29 is 10.0 Å². The van der Waals surface area contributed by atoms with Gasteiger partial charge < -0.3 is 5.11 Å². The molecule has 2 aromatic rings. The predicted molar refractivity (Wildman–Crippen MR) is 67.3 cm³/mol. The van der Waals surface area contributed by atoms with Gasteiger partial charge >= 0.3 is 29.6 Å². The van der Waals surface area contributed by atoms with Crippen molar-refractivity contribution >= 4 is 35.2 Å². The molecule has 0 bridgehead atoms. The zero-order valence-electron chi connectivity index (χ0n) is 8.33. The van der Waals surface area contributed by atoms with Crippen molar-refractivity contribution in [2.75, 3.05) is 0 Å². The first-order valence-corrected chi connectivity index (χ1v) is 4.72. The van der Waals surface area contributed by atoms with Gasteiger partial charge in [-0.1, -0.05) is 36.4 Å². The van der Waals surface area contributed by atoms with Gasteiger partial charge in [0.05, 0.1) is 4.92 Å². The van der Waals surface area contributed by atoms with Gasteiger partial charge in [0.1, 0.15) is 11.3 Å². The van der Waals surface area contributed by atoms with E-state index in [1.54, 1.807) is 24.3 Å². The quantitative estimate of drug-likeness (QED) is 0.497. The fraction of sp³-hybridized carbons (Fsp3) is 0. The molecule has 0 aliphatic rings. The summed E-state index contributed by atoms with van der Waals surface area (Å²) in [5.74, 6) is -0.0830. The standard InChI is InChI=1S/C12H9NO3.Na.H/c14-11-8-4-7-10(13(15)16)12(11)9-5-2-1-3-6-9;;/h1-8,14H;;. The van der Waals surface area contributed by atoms with Gasteiger partial charge in [0, 0.05) is 6.07 Å². The molecule has 2 rings (SSSR count). The van der Waals surface area contributed by atoms with Gasteiger partial charge in [-0.05, 0) is 11.6 Å². The van der Waals surface area contributed by atoms with Crippen LogP contribution < -0.4 is 0 Å². The van der Waals surface area contributed by atoms with E-state index < -0.39 is 4.92 Å². The topological polar surface area (TPSA) is 63.4 Å². The Morgan fingerprint density at radius 3 is 2.24 bits per heavy atom. The molecule has 0 aromatic heterocycles. The molecule has 4 nitrogen and oxygen atoms in total. The van der Waals surface area contributed by atoms with Crippen LogP contribution in [0.25, 0.3) is 11.1 Å². The summed E-state index contributed by atoms with van der Waals surface area (Å²) < 4.78 is 0. The summed E-state index contributed by atoms with van der Waals surface area (Å²) in [6.07, 6.45) is 0. The Kier molecular flexibility index (Phi) is 4.69. The number of hydrogen-bond donors (Lipinski definition) is 1. The summed E-state index contributed by atoms with van der Waals surface area (Å²) in [5, 5.41) is 20.5. The molecule has 0 radical (unpaired) electrons. The zero-order chi connectivity index (χ0) is 11.5. The predicted octanol–water partition coefficient (Wildman–Crippen LogP) is 2.32. The number of phenolic OH excluding ortho intramolecular Hbond substituents is 1. The molecule has 2 aromatic carbocycles.